The van der Waals surface area contributed by atoms with Crippen molar-refractivity contribution in [3.05, 3.63) is 52.5 Å². The van der Waals surface area contributed by atoms with Crippen molar-refractivity contribution in [2.24, 2.45) is 0 Å². The number of nitrogens with zero attached hydrogens (tertiary/aromatic N) is 3. The number of halogens is 2. The van der Waals surface area contributed by atoms with Gasteiger partial charge in [-0.1, -0.05) is 29.3 Å². The van der Waals surface area contributed by atoms with E-state index in [4.69, 9.17) is 43.0 Å². The van der Waals surface area contributed by atoms with Gasteiger partial charge in [0, 0.05) is 41.1 Å². The van der Waals surface area contributed by atoms with Crippen LogP contribution in [0.25, 0.3) is 0 Å². The number of carboxylic acid groups (broad SMARTS) is 2. The molecule has 1 aromatic carbocycles. The molecular formula is C19H25Cl2N4O5+. The van der Waals surface area contributed by atoms with Crippen LogP contribution in [0.3, 0.4) is 0 Å². The van der Waals surface area contributed by atoms with Gasteiger partial charge in [-0.3, -0.25) is 0 Å². The lowest BCUT2D eigenvalue weighted by molar-refractivity contribution is -0.918. The van der Waals surface area contributed by atoms with Gasteiger partial charge in [0.15, 0.2) is 5.60 Å². The second-order valence-corrected chi connectivity index (χ2v) is 8.32. The van der Waals surface area contributed by atoms with Crippen molar-refractivity contribution in [1.29, 1.82) is 0 Å². The third-order valence-electron chi connectivity index (χ3n) is 4.92. The summed E-state index contributed by atoms with van der Waals surface area (Å²) in [7, 11) is 2.18. The van der Waals surface area contributed by atoms with Gasteiger partial charge in [0.05, 0.1) is 33.0 Å². The summed E-state index contributed by atoms with van der Waals surface area (Å²) in [5.41, 5.74) is -0.394. The predicted octanol–water partition coefficient (Wildman–Crippen LogP) is 1.28. The first-order chi connectivity index (χ1) is 14.0. The highest BCUT2D eigenvalue weighted by atomic mass is 35.5. The molecule has 0 radical (unpaired) electrons. The number of nitrogens with one attached hydrogen (secondary N) is 1. The molecule has 0 amide bonds. The quantitative estimate of drug-likeness (QED) is 0.392. The van der Waals surface area contributed by atoms with Crippen molar-refractivity contribution in [2.75, 3.05) is 39.8 Å². The van der Waals surface area contributed by atoms with Crippen molar-refractivity contribution in [2.45, 2.75) is 12.1 Å². The summed E-state index contributed by atoms with van der Waals surface area (Å²) in [4.78, 5) is 22.3. The Morgan fingerprint density at radius 3 is 2.37 bits per heavy atom. The van der Waals surface area contributed by atoms with Gasteiger partial charge < -0.3 is 29.7 Å². The molecule has 1 unspecified atom stereocenters. The van der Waals surface area contributed by atoms with Crippen LogP contribution in [0.5, 0.6) is 0 Å². The maximum absolute atomic E-state index is 11.6. The number of aliphatic hydroxyl groups is 1. The number of hydrogen-bond acceptors (Lipinski definition) is 5. The van der Waals surface area contributed by atoms with Gasteiger partial charge in [0.1, 0.15) is 6.54 Å². The number of carboxylic acids is 2. The number of piperazine rings is 1. The van der Waals surface area contributed by atoms with Crippen LogP contribution in [0.4, 0.5) is 0 Å². The average molecular weight is 460 g/mol. The summed E-state index contributed by atoms with van der Waals surface area (Å²) in [5.74, 6) is -3.65. The molecule has 1 atom stereocenters. The molecule has 4 N–H and O–H groups in total. The fourth-order valence-electron chi connectivity index (χ4n) is 3.49. The SMILES string of the molecule is C[N+]1(CC(O)(Cn2ccnc2)c2ccc(Cl)cc2Cl)CCNCC1.O=C(O)C(=O)O. The smallest absolute Gasteiger partial charge is 0.414 e. The standard InChI is InChI=1S/C17H23Cl2N4O.C2H2O4/c1-23(8-5-20-6-9-23)12-17(24,11-22-7-4-21-13-22)15-3-2-14(18)10-16(15)19;3-1(4)2(5)6/h2-4,7,10,13,20,24H,5-6,8-9,11-12H2,1H3;(H,3,4)(H,5,6)/q+1;. The van der Waals surface area contributed by atoms with E-state index in [2.05, 4.69) is 17.3 Å². The summed E-state index contributed by atoms with van der Waals surface area (Å²) in [6.45, 7) is 4.82. The molecule has 0 bridgehead atoms. The molecule has 1 fully saturated rings. The van der Waals surface area contributed by atoms with E-state index in [0.29, 0.717) is 28.7 Å². The molecule has 0 aliphatic carbocycles. The van der Waals surface area contributed by atoms with E-state index in [1.807, 2.05) is 16.8 Å². The van der Waals surface area contributed by atoms with Crippen LogP contribution in [0.2, 0.25) is 10.0 Å². The summed E-state index contributed by atoms with van der Waals surface area (Å²) < 4.78 is 2.68. The minimum absolute atomic E-state index is 0.398. The second-order valence-electron chi connectivity index (χ2n) is 7.48. The van der Waals surface area contributed by atoms with Crippen LogP contribution >= 0.6 is 23.2 Å². The fourth-order valence-corrected chi connectivity index (χ4v) is 4.08. The number of aliphatic carboxylic acids is 2. The summed E-state index contributed by atoms with van der Waals surface area (Å²) >= 11 is 12.5. The van der Waals surface area contributed by atoms with Crippen LogP contribution < -0.4 is 5.32 Å². The van der Waals surface area contributed by atoms with Crippen molar-refractivity contribution in [3.63, 3.8) is 0 Å². The number of benzene rings is 1. The predicted molar refractivity (Wildman–Crippen MR) is 112 cm³/mol. The molecule has 0 spiro atoms. The van der Waals surface area contributed by atoms with Crippen LogP contribution in [0, 0.1) is 0 Å². The van der Waals surface area contributed by atoms with Gasteiger partial charge in [-0.05, 0) is 12.1 Å². The molecule has 9 nitrogen and oxygen atoms in total. The molecule has 2 aromatic rings. The number of likely N-dealkylation sites (N-methyl/N-ethyl adjacent to an activating group) is 1. The number of carbonyl (C=O) groups is 2. The molecule has 3 rings (SSSR count). The molecule has 11 heteroatoms. The average Bonchev–Trinajstić information content (AvgIpc) is 3.14. The monoisotopic (exact) mass is 459 g/mol. The van der Waals surface area contributed by atoms with E-state index in [-0.39, 0.29) is 0 Å². The first-order valence-corrected chi connectivity index (χ1v) is 9.94. The fraction of sp³-hybridized carbons (Fsp3) is 0.421. The molecule has 1 aliphatic rings. The maximum Gasteiger partial charge on any atom is 0.414 e. The Bertz CT molecular complexity index is 860. The summed E-state index contributed by atoms with van der Waals surface area (Å²) in [6, 6.07) is 5.30. The van der Waals surface area contributed by atoms with E-state index in [1.54, 1.807) is 24.7 Å². The molecule has 30 heavy (non-hydrogen) atoms. The molecule has 0 saturated carbocycles. The van der Waals surface area contributed by atoms with Crippen molar-refractivity contribution < 1.29 is 29.4 Å². The second kappa shape index (κ2) is 10.2. The van der Waals surface area contributed by atoms with Crippen LogP contribution in [0.1, 0.15) is 5.56 Å². The first kappa shape index (κ1) is 24.1. The molecule has 2 heterocycles. The van der Waals surface area contributed by atoms with Gasteiger partial charge in [-0.15, -0.1) is 0 Å². The summed E-state index contributed by atoms with van der Waals surface area (Å²) in [6.07, 6.45) is 5.28. The van der Waals surface area contributed by atoms with Crippen LogP contribution in [-0.4, -0.2) is 81.1 Å². The van der Waals surface area contributed by atoms with E-state index >= 15 is 0 Å². The Kier molecular flexibility index (Phi) is 8.22. The van der Waals surface area contributed by atoms with Crippen molar-refractivity contribution >= 4 is 35.1 Å². The maximum atomic E-state index is 11.6. The van der Waals surface area contributed by atoms with Crippen molar-refractivity contribution in [3.8, 4) is 0 Å². The number of quaternary nitrogens is 1. The van der Waals surface area contributed by atoms with Gasteiger partial charge in [-0.25, -0.2) is 14.6 Å². The van der Waals surface area contributed by atoms with Crippen LogP contribution in [-0.2, 0) is 21.7 Å². The number of rotatable bonds is 5. The van der Waals surface area contributed by atoms with Gasteiger partial charge in [0.25, 0.3) is 0 Å². The van der Waals surface area contributed by atoms with E-state index in [9.17, 15) is 5.11 Å². The number of hydrogen-bond donors (Lipinski definition) is 4. The van der Waals surface area contributed by atoms with E-state index in [1.165, 1.54) is 0 Å². The Morgan fingerprint density at radius 2 is 1.87 bits per heavy atom. The first-order valence-electron chi connectivity index (χ1n) is 9.19. The molecular weight excluding hydrogens is 435 g/mol. The molecule has 1 aromatic heterocycles. The van der Waals surface area contributed by atoms with Crippen LogP contribution in [0.15, 0.2) is 36.9 Å². The van der Waals surface area contributed by atoms with Gasteiger partial charge in [0.2, 0.25) is 0 Å². The van der Waals surface area contributed by atoms with E-state index < -0.39 is 17.5 Å². The van der Waals surface area contributed by atoms with Gasteiger partial charge >= 0.3 is 11.9 Å². The Morgan fingerprint density at radius 1 is 1.23 bits per heavy atom. The lowest BCUT2D eigenvalue weighted by Crippen LogP contribution is -2.61. The third-order valence-corrected chi connectivity index (χ3v) is 5.47. The molecule has 164 valence electrons. The third kappa shape index (κ3) is 6.68. The topological polar surface area (TPSA) is 125 Å². The zero-order chi connectivity index (χ0) is 22.4. The Hall–Kier alpha value is -2.17. The molecule has 1 saturated heterocycles. The number of aromatic nitrogens is 2. The minimum atomic E-state index is -1.82. The number of imidazole rings is 1. The highest BCUT2D eigenvalue weighted by Crippen LogP contribution is 2.34. The molecule has 1 aliphatic heterocycles. The minimum Gasteiger partial charge on any atom is -0.473 e. The Balaban J connectivity index is 0.000000469. The highest BCUT2D eigenvalue weighted by Gasteiger charge is 2.41. The highest BCUT2D eigenvalue weighted by molar-refractivity contribution is 6.35. The van der Waals surface area contributed by atoms with E-state index in [0.717, 1.165) is 30.7 Å². The van der Waals surface area contributed by atoms with Gasteiger partial charge in [-0.2, -0.15) is 0 Å². The normalized spacial score (nSPS) is 17.3. The van der Waals surface area contributed by atoms with Crippen molar-refractivity contribution in [1.82, 2.24) is 14.9 Å². The zero-order valence-corrected chi connectivity index (χ0v) is 18.0. The lowest BCUT2D eigenvalue weighted by atomic mass is 9.91. The summed E-state index contributed by atoms with van der Waals surface area (Å²) in [5, 5.41) is 30.8. The largest absolute Gasteiger partial charge is 0.473 e. The lowest BCUT2D eigenvalue weighted by Gasteiger charge is -2.44. The zero-order valence-electron chi connectivity index (χ0n) is 16.5. The Labute approximate surface area is 184 Å².